The van der Waals surface area contributed by atoms with Gasteiger partial charge in [0, 0.05) is 17.7 Å². The van der Waals surface area contributed by atoms with Crippen LogP contribution in [0.4, 0.5) is 0 Å². The number of aryl methyl sites for hydroxylation is 1. The predicted molar refractivity (Wildman–Crippen MR) is 141 cm³/mol. The third-order valence-corrected chi connectivity index (χ3v) is 6.76. The van der Waals surface area contributed by atoms with Crippen LogP contribution in [0.2, 0.25) is 0 Å². The summed E-state index contributed by atoms with van der Waals surface area (Å²) in [4.78, 5) is 4.89. The Labute approximate surface area is 201 Å². The molecule has 0 amide bonds. The summed E-state index contributed by atoms with van der Waals surface area (Å²) in [5.41, 5.74) is 12.6. The lowest BCUT2D eigenvalue weighted by Gasteiger charge is -2.19. The van der Waals surface area contributed by atoms with E-state index in [1.54, 1.807) is 0 Å². The first-order chi connectivity index (χ1) is 16.8. The molecule has 1 nitrogen and oxygen atoms in total. The second-order valence-corrected chi connectivity index (χ2v) is 8.84. The van der Waals surface area contributed by atoms with Crippen molar-refractivity contribution in [2.75, 3.05) is 0 Å². The van der Waals surface area contributed by atoms with Crippen LogP contribution in [0.25, 0.3) is 22.4 Å². The van der Waals surface area contributed by atoms with Crippen molar-refractivity contribution in [3.8, 4) is 11.3 Å². The molecule has 1 atom stereocenters. The van der Waals surface area contributed by atoms with Gasteiger partial charge in [-0.2, -0.15) is 0 Å². The molecule has 0 saturated carbocycles. The molecule has 0 saturated heterocycles. The van der Waals surface area contributed by atoms with Gasteiger partial charge in [-0.15, -0.1) is 0 Å². The van der Waals surface area contributed by atoms with Crippen molar-refractivity contribution in [3.05, 3.63) is 161 Å². The Balaban J connectivity index is 1.59. The maximum absolute atomic E-state index is 4.89. The Morgan fingerprint density at radius 2 is 1.18 bits per heavy atom. The minimum absolute atomic E-state index is 0.129. The first-order valence-corrected chi connectivity index (χ1v) is 11.8. The van der Waals surface area contributed by atoms with E-state index < -0.39 is 0 Å². The molecule has 1 aliphatic rings. The van der Waals surface area contributed by atoms with Gasteiger partial charge in [-0.1, -0.05) is 115 Å². The van der Waals surface area contributed by atoms with Gasteiger partial charge in [0.05, 0.1) is 5.69 Å². The molecule has 1 heterocycles. The minimum Gasteiger partial charge on any atom is -0.256 e. The van der Waals surface area contributed by atoms with Crippen LogP contribution in [-0.2, 0) is 0 Å². The van der Waals surface area contributed by atoms with Crippen LogP contribution in [0.3, 0.4) is 0 Å². The monoisotopic (exact) mass is 435 g/mol. The Hall–Kier alpha value is -4.23. The molecule has 162 valence electrons. The molecule has 5 aromatic rings. The Morgan fingerprint density at radius 3 is 1.79 bits per heavy atom. The van der Waals surface area contributed by atoms with Crippen molar-refractivity contribution in [1.82, 2.24) is 4.98 Å². The minimum atomic E-state index is 0.129. The van der Waals surface area contributed by atoms with Crippen LogP contribution in [0.15, 0.2) is 128 Å². The summed E-state index contributed by atoms with van der Waals surface area (Å²) in [6.45, 7) is 2.23. The lowest BCUT2D eigenvalue weighted by molar-refractivity contribution is 1.04. The second-order valence-electron chi connectivity index (χ2n) is 8.84. The number of allylic oxidation sites excluding steroid dienone is 1. The summed E-state index contributed by atoms with van der Waals surface area (Å²) in [5.74, 6) is 0.129. The molecule has 4 aromatic carbocycles. The van der Waals surface area contributed by atoms with Gasteiger partial charge in [-0.25, -0.2) is 0 Å². The van der Waals surface area contributed by atoms with Crippen LogP contribution >= 0.6 is 0 Å². The Morgan fingerprint density at radius 1 is 0.559 bits per heavy atom. The fourth-order valence-electron chi connectivity index (χ4n) is 5.24. The number of pyridine rings is 1. The normalized spacial score (nSPS) is 14.8. The summed E-state index contributed by atoms with van der Waals surface area (Å²) < 4.78 is 0. The van der Waals surface area contributed by atoms with Gasteiger partial charge in [0.15, 0.2) is 0 Å². The highest BCUT2D eigenvalue weighted by Gasteiger charge is 2.34. The van der Waals surface area contributed by atoms with E-state index in [2.05, 4.69) is 128 Å². The fraction of sp³-hybridized carbons (Fsp3) is 0.0606. The van der Waals surface area contributed by atoms with Gasteiger partial charge < -0.3 is 0 Å². The molecular weight excluding hydrogens is 410 g/mol. The zero-order chi connectivity index (χ0) is 22.9. The van der Waals surface area contributed by atoms with E-state index in [0.29, 0.717) is 0 Å². The molecule has 0 bridgehead atoms. The molecule has 1 aromatic heterocycles. The van der Waals surface area contributed by atoms with Gasteiger partial charge in [0.25, 0.3) is 0 Å². The topological polar surface area (TPSA) is 12.9 Å². The third-order valence-electron chi connectivity index (χ3n) is 6.76. The van der Waals surface area contributed by atoms with Gasteiger partial charge in [-0.05, 0) is 57.5 Å². The van der Waals surface area contributed by atoms with Crippen molar-refractivity contribution < 1.29 is 0 Å². The van der Waals surface area contributed by atoms with Crippen molar-refractivity contribution in [1.29, 1.82) is 0 Å². The number of hydrogen-bond acceptors (Lipinski definition) is 1. The summed E-state index contributed by atoms with van der Waals surface area (Å²) >= 11 is 0. The molecule has 0 N–H and O–H groups in total. The van der Waals surface area contributed by atoms with Crippen LogP contribution in [0.1, 0.15) is 39.3 Å². The molecule has 1 aliphatic carbocycles. The summed E-state index contributed by atoms with van der Waals surface area (Å²) in [7, 11) is 0. The van der Waals surface area contributed by atoms with E-state index in [-0.39, 0.29) is 5.92 Å². The van der Waals surface area contributed by atoms with Gasteiger partial charge in [0.2, 0.25) is 0 Å². The summed E-state index contributed by atoms with van der Waals surface area (Å²) in [5, 5.41) is 0. The Bertz CT molecular complexity index is 1460. The van der Waals surface area contributed by atoms with Gasteiger partial charge in [0.1, 0.15) is 0 Å². The smallest absolute Gasteiger partial charge is 0.0702 e. The van der Waals surface area contributed by atoms with E-state index in [1.165, 1.54) is 44.5 Å². The Kier molecular flexibility index (Phi) is 5.16. The molecule has 0 aliphatic heterocycles. The van der Waals surface area contributed by atoms with Crippen LogP contribution < -0.4 is 0 Å². The highest BCUT2D eigenvalue weighted by Crippen LogP contribution is 2.53. The van der Waals surface area contributed by atoms with E-state index in [9.17, 15) is 0 Å². The van der Waals surface area contributed by atoms with E-state index in [0.717, 1.165) is 11.3 Å². The lowest BCUT2D eigenvalue weighted by atomic mass is 9.85. The summed E-state index contributed by atoms with van der Waals surface area (Å²) in [6, 6.07) is 43.1. The average Bonchev–Trinajstić information content (AvgIpc) is 3.27. The fourth-order valence-corrected chi connectivity index (χ4v) is 5.24. The number of rotatable bonds is 4. The summed E-state index contributed by atoms with van der Waals surface area (Å²) in [6.07, 6.45) is 2.07. The van der Waals surface area contributed by atoms with Crippen molar-refractivity contribution in [3.63, 3.8) is 0 Å². The zero-order valence-corrected chi connectivity index (χ0v) is 19.1. The van der Waals surface area contributed by atoms with E-state index in [1.807, 2.05) is 6.07 Å². The second kappa shape index (κ2) is 8.61. The van der Waals surface area contributed by atoms with Crippen LogP contribution in [-0.4, -0.2) is 4.98 Å². The number of aromatic nitrogens is 1. The zero-order valence-electron chi connectivity index (χ0n) is 19.1. The van der Waals surface area contributed by atoms with Crippen molar-refractivity contribution in [2.24, 2.45) is 0 Å². The lowest BCUT2D eigenvalue weighted by Crippen LogP contribution is -2.02. The molecule has 1 unspecified atom stereocenters. The molecule has 34 heavy (non-hydrogen) atoms. The number of nitrogens with zero attached hydrogens (tertiary/aromatic N) is 1. The van der Waals surface area contributed by atoms with E-state index in [4.69, 9.17) is 4.98 Å². The molecule has 0 radical (unpaired) electrons. The number of hydrogen-bond donors (Lipinski definition) is 0. The molecule has 0 spiro atoms. The molecule has 1 heteroatoms. The standard InChI is InChI=1S/C33H25N/c1-23-12-11-19-28-30(23)32(25-15-7-3-8-16-25)33(26-17-9-4-10-18-26)31(28)27-20-21-29(34-22-27)24-13-5-2-6-14-24/h2-22,31H,1H3. The maximum Gasteiger partial charge on any atom is 0.0702 e. The predicted octanol–water partition coefficient (Wildman–Crippen LogP) is 8.16. The van der Waals surface area contributed by atoms with Crippen molar-refractivity contribution >= 4 is 11.1 Å². The maximum atomic E-state index is 4.89. The van der Waals surface area contributed by atoms with Crippen molar-refractivity contribution in [2.45, 2.75) is 12.8 Å². The van der Waals surface area contributed by atoms with Gasteiger partial charge in [-0.3, -0.25) is 4.98 Å². The van der Waals surface area contributed by atoms with Crippen LogP contribution in [0.5, 0.6) is 0 Å². The first-order valence-electron chi connectivity index (χ1n) is 11.8. The number of benzene rings is 4. The SMILES string of the molecule is Cc1cccc2c1C(c1ccccc1)=C(c1ccccc1)C2c1ccc(-c2ccccc2)nc1. The highest BCUT2D eigenvalue weighted by atomic mass is 14.7. The first kappa shape index (κ1) is 20.4. The quantitative estimate of drug-likeness (QED) is 0.277. The van der Waals surface area contributed by atoms with Gasteiger partial charge >= 0.3 is 0 Å². The van der Waals surface area contributed by atoms with Crippen LogP contribution in [0, 0.1) is 6.92 Å². The molecular formula is C33H25N. The molecule has 0 fully saturated rings. The highest BCUT2D eigenvalue weighted by molar-refractivity contribution is 6.07. The largest absolute Gasteiger partial charge is 0.256 e. The average molecular weight is 436 g/mol. The third kappa shape index (κ3) is 3.47. The number of fused-ring (bicyclic) bond motifs is 1. The van der Waals surface area contributed by atoms with E-state index >= 15 is 0 Å². The molecule has 6 rings (SSSR count).